The monoisotopic (exact) mass is 473 g/mol. The van der Waals surface area contributed by atoms with Crippen molar-refractivity contribution < 1.29 is 33.4 Å². The smallest absolute Gasteiger partial charge is 0.344 e. The second-order valence-electron chi connectivity index (χ2n) is 7.95. The van der Waals surface area contributed by atoms with Crippen LogP contribution < -0.4 is 10.1 Å². The Labute approximate surface area is 196 Å². The number of amides is 1. The molecule has 1 amide bonds. The lowest BCUT2D eigenvalue weighted by molar-refractivity contribution is -0.149. The lowest BCUT2D eigenvalue weighted by Gasteiger charge is -2.14. The molecule has 0 saturated heterocycles. The van der Waals surface area contributed by atoms with Gasteiger partial charge in [-0.1, -0.05) is 0 Å². The Morgan fingerprint density at radius 1 is 1.03 bits per heavy atom. The van der Waals surface area contributed by atoms with Gasteiger partial charge in [-0.2, -0.15) is 0 Å². The Kier molecular flexibility index (Phi) is 8.21. The van der Waals surface area contributed by atoms with Crippen LogP contribution in [0.15, 0.2) is 24.3 Å². The Hall–Kier alpha value is -3.20. The summed E-state index contributed by atoms with van der Waals surface area (Å²) >= 11 is 1.37. The van der Waals surface area contributed by atoms with Crippen molar-refractivity contribution in [3.05, 3.63) is 45.8 Å². The van der Waals surface area contributed by atoms with Crippen molar-refractivity contribution in [2.75, 3.05) is 18.5 Å². The maximum absolute atomic E-state index is 12.6. The molecular formula is C24H27NO7S. The fraction of sp³-hybridized carbons (Fsp3) is 0.417. The standard InChI is InChI=1S/C24H27NO7S/c1-14(2)32-24(29)22-18-6-4-5-7-19(18)33-23(22)25-20(27)12-31-21(28)13-30-17-10-8-16(9-11-17)15(3)26/h8-11,14H,4-7,12-13H2,1-3H3,(H,25,27). The van der Waals surface area contributed by atoms with Gasteiger partial charge in [-0.15, -0.1) is 11.3 Å². The van der Waals surface area contributed by atoms with E-state index < -0.39 is 24.5 Å². The van der Waals surface area contributed by atoms with Crippen molar-refractivity contribution in [1.29, 1.82) is 0 Å². The van der Waals surface area contributed by atoms with Gasteiger partial charge in [0.2, 0.25) is 0 Å². The van der Waals surface area contributed by atoms with Gasteiger partial charge in [0.1, 0.15) is 10.8 Å². The number of ketones is 1. The molecule has 1 aromatic heterocycles. The van der Waals surface area contributed by atoms with Gasteiger partial charge in [0, 0.05) is 10.4 Å². The molecule has 1 aliphatic rings. The molecule has 0 unspecified atom stereocenters. The van der Waals surface area contributed by atoms with Crippen LogP contribution in [-0.2, 0) is 31.9 Å². The van der Waals surface area contributed by atoms with E-state index in [-0.39, 0.29) is 18.5 Å². The van der Waals surface area contributed by atoms with E-state index in [2.05, 4.69) is 5.32 Å². The summed E-state index contributed by atoms with van der Waals surface area (Å²) in [5.41, 5.74) is 1.88. The molecule has 0 atom stereocenters. The van der Waals surface area contributed by atoms with Crippen LogP contribution in [-0.4, -0.2) is 42.9 Å². The summed E-state index contributed by atoms with van der Waals surface area (Å²) in [6.45, 7) is 4.11. The minimum atomic E-state index is -0.717. The van der Waals surface area contributed by atoms with E-state index in [0.717, 1.165) is 36.1 Å². The van der Waals surface area contributed by atoms with Crippen LogP contribution in [0.1, 0.15) is 64.8 Å². The predicted molar refractivity (Wildman–Crippen MR) is 123 cm³/mol. The van der Waals surface area contributed by atoms with E-state index in [4.69, 9.17) is 14.2 Å². The van der Waals surface area contributed by atoms with Crippen LogP contribution in [0.5, 0.6) is 5.75 Å². The van der Waals surface area contributed by atoms with E-state index in [0.29, 0.717) is 21.9 Å². The van der Waals surface area contributed by atoms with Crippen LogP contribution in [0.3, 0.4) is 0 Å². The lowest BCUT2D eigenvalue weighted by Crippen LogP contribution is -2.24. The Morgan fingerprint density at radius 2 is 1.73 bits per heavy atom. The van der Waals surface area contributed by atoms with Crippen molar-refractivity contribution in [2.45, 2.75) is 52.6 Å². The molecule has 0 saturated carbocycles. The average Bonchev–Trinajstić information content (AvgIpc) is 3.13. The number of hydrogen-bond acceptors (Lipinski definition) is 8. The van der Waals surface area contributed by atoms with Crippen LogP contribution in [0.25, 0.3) is 0 Å². The third kappa shape index (κ3) is 6.64. The highest BCUT2D eigenvalue weighted by atomic mass is 32.1. The van der Waals surface area contributed by atoms with Crippen LogP contribution in [0.4, 0.5) is 5.00 Å². The molecule has 0 bridgehead atoms. The highest BCUT2D eigenvalue weighted by molar-refractivity contribution is 7.17. The second-order valence-corrected chi connectivity index (χ2v) is 9.05. The first-order valence-corrected chi connectivity index (χ1v) is 11.6. The first-order valence-electron chi connectivity index (χ1n) is 10.8. The van der Waals surface area contributed by atoms with E-state index in [1.165, 1.54) is 18.3 Å². The maximum Gasteiger partial charge on any atom is 0.344 e. The molecule has 0 spiro atoms. The molecule has 0 aliphatic heterocycles. The van der Waals surface area contributed by atoms with Crippen LogP contribution in [0, 0.1) is 0 Å². The third-order valence-electron chi connectivity index (χ3n) is 4.95. The first-order chi connectivity index (χ1) is 15.7. The van der Waals surface area contributed by atoms with E-state index in [1.807, 2.05) is 0 Å². The fourth-order valence-corrected chi connectivity index (χ4v) is 4.72. The van der Waals surface area contributed by atoms with Crippen LogP contribution in [0.2, 0.25) is 0 Å². The molecule has 1 aliphatic carbocycles. The number of benzene rings is 1. The molecular weight excluding hydrogens is 446 g/mol. The molecule has 9 heteroatoms. The van der Waals surface area contributed by atoms with Crippen LogP contribution >= 0.6 is 11.3 Å². The van der Waals surface area contributed by atoms with Crippen molar-refractivity contribution in [2.24, 2.45) is 0 Å². The van der Waals surface area contributed by atoms with Crippen molar-refractivity contribution >= 4 is 40.0 Å². The number of nitrogens with one attached hydrogen (secondary N) is 1. The van der Waals surface area contributed by atoms with E-state index >= 15 is 0 Å². The van der Waals surface area contributed by atoms with Gasteiger partial charge < -0.3 is 19.5 Å². The van der Waals surface area contributed by atoms with Gasteiger partial charge in [0.05, 0.1) is 11.7 Å². The van der Waals surface area contributed by atoms with Crippen molar-refractivity contribution in [1.82, 2.24) is 0 Å². The number of carbonyl (C=O) groups excluding carboxylic acids is 4. The summed E-state index contributed by atoms with van der Waals surface area (Å²) in [5, 5.41) is 3.12. The van der Waals surface area contributed by atoms with E-state index in [9.17, 15) is 19.2 Å². The zero-order valence-electron chi connectivity index (χ0n) is 18.9. The number of ether oxygens (including phenoxy) is 3. The van der Waals surface area contributed by atoms with Crippen molar-refractivity contribution in [3.8, 4) is 5.75 Å². The average molecular weight is 474 g/mol. The zero-order chi connectivity index (χ0) is 24.0. The number of thiophene rings is 1. The largest absolute Gasteiger partial charge is 0.482 e. The summed E-state index contributed by atoms with van der Waals surface area (Å²) in [4.78, 5) is 49.4. The Balaban J connectivity index is 1.55. The summed E-state index contributed by atoms with van der Waals surface area (Å²) in [6.07, 6.45) is 3.37. The molecule has 3 rings (SSSR count). The molecule has 0 fully saturated rings. The van der Waals surface area contributed by atoms with Crippen molar-refractivity contribution in [3.63, 3.8) is 0 Å². The quantitative estimate of drug-likeness (QED) is 0.434. The van der Waals surface area contributed by atoms with E-state index in [1.54, 1.807) is 38.1 Å². The van der Waals surface area contributed by atoms with Gasteiger partial charge in [0.15, 0.2) is 19.0 Å². The van der Waals surface area contributed by atoms with Gasteiger partial charge in [0.25, 0.3) is 5.91 Å². The Bertz CT molecular complexity index is 1040. The topological polar surface area (TPSA) is 108 Å². The van der Waals surface area contributed by atoms with Gasteiger partial charge in [-0.05, 0) is 76.3 Å². The number of hydrogen-bond donors (Lipinski definition) is 1. The molecule has 0 radical (unpaired) electrons. The number of Topliss-reactive ketones (excluding diaryl/α,β-unsaturated/α-hetero) is 1. The molecule has 1 heterocycles. The highest BCUT2D eigenvalue weighted by Gasteiger charge is 2.28. The minimum Gasteiger partial charge on any atom is -0.482 e. The molecule has 8 nitrogen and oxygen atoms in total. The Morgan fingerprint density at radius 3 is 2.39 bits per heavy atom. The second kappa shape index (κ2) is 11.1. The lowest BCUT2D eigenvalue weighted by atomic mass is 9.95. The number of esters is 2. The number of rotatable bonds is 9. The highest BCUT2D eigenvalue weighted by Crippen LogP contribution is 2.38. The summed E-state index contributed by atoms with van der Waals surface area (Å²) in [7, 11) is 0. The first kappa shape index (κ1) is 24.4. The minimum absolute atomic E-state index is 0.0702. The van der Waals surface area contributed by atoms with Gasteiger partial charge in [-0.25, -0.2) is 9.59 Å². The van der Waals surface area contributed by atoms with Gasteiger partial charge in [-0.3, -0.25) is 9.59 Å². The molecule has 33 heavy (non-hydrogen) atoms. The number of fused-ring (bicyclic) bond motifs is 1. The SMILES string of the molecule is CC(=O)c1ccc(OCC(=O)OCC(=O)Nc2sc3c(c2C(=O)OC(C)C)CCCC3)cc1. The number of anilines is 1. The summed E-state index contributed by atoms with van der Waals surface area (Å²) in [5.74, 6) is -1.39. The maximum atomic E-state index is 12.6. The number of aryl methyl sites for hydroxylation is 1. The normalized spacial score (nSPS) is 12.6. The molecule has 176 valence electrons. The molecule has 2 aromatic rings. The summed E-state index contributed by atoms with van der Waals surface area (Å²) in [6, 6.07) is 6.35. The van der Waals surface area contributed by atoms with Gasteiger partial charge >= 0.3 is 11.9 Å². The molecule has 1 N–H and O–H groups in total. The number of carbonyl (C=O) groups is 4. The zero-order valence-corrected chi connectivity index (χ0v) is 19.7. The third-order valence-corrected chi connectivity index (χ3v) is 6.16. The predicted octanol–water partition coefficient (Wildman–Crippen LogP) is 3.96. The fourth-order valence-electron chi connectivity index (χ4n) is 3.42. The summed E-state index contributed by atoms with van der Waals surface area (Å²) < 4.78 is 15.7. The molecule has 1 aromatic carbocycles.